The Morgan fingerprint density at radius 2 is 2.06 bits per heavy atom. The molecule has 4 nitrogen and oxygen atoms in total. The molecule has 0 amide bonds. The Morgan fingerprint density at radius 3 is 2.44 bits per heavy atom. The highest BCUT2D eigenvalue weighted by atomic mass is 28.3. The van der Waals surface area contributed by atoms with Gasteiger partial charge in [-0.2, -0.15) is 0 Å². The molecule has 1 atom stereocenters. The molecule has 1 unspecified atom stereocenters. The lowest BCUT2D eigenvalue weighted by Crippen LogP contribution is -2.39. The van der Waals surface area contributed by atoms with Crippen molar-refractivity contribution in [2.75, 3.05) is 13.7 Å². The highest BCUT2D eigenvalue weighted by Gasteiger charge is 2.29. The molecular weight excluding hydrogens is 224 g/mol. The smallest absolute Gasteiger partial charge is 0.429 e. The van der Waals surface area contributed by atoms with Crippen LogP contribution >= 0.6 is 0 Å². The molecule has 0 aromatic carbocycles. The van der Waals surface area contributed by atoms with Crippen LogP contribution < -0.4 is 0 Å². The minimum Gasteiger partial charge on any atom is -0.457 e. The fourth-order valence-corrected chi connectivity index (χ4v) is 2.52. The Hall–Kier alpha value is -0.653. The fourth-order valence-electron chi connectivity index (χ4n) is 1.01. The van der Waals surface area contributed by atoms with Crippen LogP contribution in [-0.2, 0) is 18.4 Å². The van der Waals surface area contributed by atoms with Crippen molar-refractivity contribution in [3.8, 4) is 0 Å². The molecular formula is C11H21O4Si. The largest absolute Gasteiger partial charge is 0.457 e. The SMILES string of the molecule is C=C(C)C(=O)OC(CC)[Si](OC)OCCC. The topological polar surface area (TPSA) is 44.8 Å². The van der Waals surface area contributed by atoms with Crippen molar-refractivity contribution in [2.24, 2.45) is 0 Å². The first-order valence-electron chi connectivity index (χ1n) is 5.46. The number of carbonyl (C=O) groups is 1. The maximum atomic E-state index is 11.4. The summed E-state index contributed by atoms with van der Waals surface area (Å²) in [6, 6.07) is 0. The first kappa shape index (κ1) is 15.3. The average Bonchev–Trinajstić information content (AvgIpc) is 2.27. The van der Waals surface area contributed by atoms with Gasteiger partial charge in [0.25, 0.3) is 0 Å². The number of hydrogen-bond donors (Lipinski definition) is 0. The predicted molar refractivity (Wildman–Crippen MR) is 64.0 cm³/mol. The molecule has 0 bridgehead atoms. The third-order valence-electron chi connectivity index (χ3n) is 1.88. The summed E-state index contributed by atoms with van der Waals surface area (Å²) < 4.78 is 16.1. The highest BCUT2D eigenvalue weighted by molar-refractivity contribution is 6.46. The van der Waals surface area contributed by atoms with Crippen LogP contribution in [0.1, 0.15) is 33.6 Å². The van der Waals surface area contributed by atoms with Gasteiger partial charge < -0.3 is 13.6 Å². The number of rotatable bonds is 8. The average molecular weight is 245 g/mol. The monoisotopic (exact) mass is 245 g/mol. The van der Waals surface area contributed by atoms with Gasteiger partial charge in [0, 0.05) is 19.3 Å². The van der Waals surface area contributed by atoms with Gasteiger partial charge in [0.15, 0.2) is 0 Å². The summed E-state index contributed by atoms with van der Waals surface area (Å²) in [6.45, 7) is 9.76. The van der Waals surface area contributed by atoms with E-state index in [9.17, 15) is 4.79 Å². The van der Waals surface area contributed by atoms with E-state index in [0.717, 1.165) is 6.42 Å². The third-order valence-corrected chi connectivity index (χ3v) is 3.82. The zero-order chi connectivity index (χ0) is 12.6. The van der Waals surface area contributed by atoms with E-state index in [1.165, 1.54) is 0 Å². The molecule has 0 N–H and O–H groups in total. The Balaban J connectivity index is 4.31. The lowest BCUT2D eigenvalue weighted by Gasteiger charge is -2.21. The zero-order valence-corrected chi connectivity index (χ0v) is 11.5. The first-order chi connectivity index (χ1) is 7.56. The minimum atomic E-state index is -1.55. The maximum absolute atomic E-state index is 11.4. The second kappa shape index (κ2) is 8.49. The summed E-state index contributed by atoms with van der Waals surface area (Å²) in [4.78, 5) is 11.4. The van der Waals surface area contributed by atoms with Gasteiger partial charge in [0.1, 0.15) is 5.73 Å². The van der Waals surface area contributed by atoms with Gasteiger partial charge in [0.05, 0.1) is 0 Å². The van der Waals surface area contributed by atoms with Crippen LogP contribution in [-0.4, -0.2) is 34.7 Å². The van der Waals surface area contributed by atoms with E-state index < -0.39 is 9.28 Å². The van der Waals surface area contributed by atoms with Crippen LogP contribution in [0.4, 0.5) is 0 Å². The number of hydrogen-bond acceptors (Lipinski definition) is 4. The van der Waals surface area contributed by atoms with Crippen molar-refractivity contribution >= 4 is 15.3 Å². The van der Waals surface area contributed by atoms with E-state index in [2.05, 4.69) is 6.58 Å². The van der Waals surface area contributed by atoms with Crippen molar-refractivity contribution in [2.45, 2.75) is 39.3 Å². The molecule has 0 aromatic heterocycles. The zero-order valence-electron chi connectivity index (χ0n) is 10.5. The van der Waals surface area contributed by atoms with Crippen molar-refractivity contribution in [3.63, 3.8) is 0 Å². The van der Waals surface area contributed by atoms with Crippen LogP contribution in [0.15, 0.2) is 12.2 Å². The fraction of sp³-hybridized carbons (Fsp3) is 0.727. The number of esters is 1. The Labute approximate surface area is 99.4 Å². The lowest BCUT2D eigenvalue weighted by molar-refractivity contribution is -0.142. The lowest BCUT2D eigenvalue weighted by atomic mass is 10.4. The molecule has 0 saturated heterocycles. The van der Waals surface area contributed by atoms with Crippen molar-refractivity contribution in [1.82, 2.24) is 0 Å². The van der Waals surface area contributed by atoms with Gasteiger partial charge >= 0.3 is 15.3 Å². The molecule has 0 heterocycles. The second-order valence-corrected chi connectivity index (χ2v) is 5.43. The van der Waals surface area contributed by atoms with Gasteiger partial charge in [0.2, 0.25) is 0 Å². The summed E-state index contributed by atoms with van der Waals surface area (Å²) in [6.07, 6.45) is 1.60. The molecule has 93 valence electrons. The van der Waals surface area contributed by atoms with Crippen LogP contribution in [0.2, 0.25) is 0 Å². The number of carbonyl (C=O) groups excluding carboxylic acids is 1. The van der Waals surface area contributed by atoms with E-state index in [-0.39, 0.29) is 11.7 Å². The first-order valence-corrected chi connectivity index (χ1v) is 6.86. The van der Waals surface area contributed by atoms with E-state index >= 15 is 0 Å². The molecule has 16 heavy (non-hydrogen) atoms. The van der Waals surface area contributed by atoms with Crippen LogP contribution in [0.5, 0.6) is 0 Å². The van der Waals surface area contributed by atoms with Crippen LogP contribution in [0.3, 0.4) is 0 Å². The Kier molecular flexibility index (Phi) is 8.15. The summed E-state index contributed by atoms with van der Waals surface area (Å²) >= 11 is 0. The van der Waals surface area contributed by atoms with E-state index in [0.29, 0.717) is 18.6 Å². The molecule has 0 saturated carbocycles. The van der Waals surface area contributed by atoms with Gasteiger partial charge in [-0.05, 0) is 19.8 Å². The quantitative estimate of drug-likeness (QED) is 0.373. The van der Waals surface area contributed by atoms with Gasteiger partial charge in [-0.25, -0.2) is 4.79 Å². The summed E-state index contributed by atoms with van der Waals surface area (Å²) in [5, 5.41) is 0. The molecule has 0 aliphatic rings. The van der Waals surface area contributed by atoms with Crippen LogP contribution in [0.25, 0.3) is 0 Å². The molecule has 0 rings (SSSR count). The number of ether oxygens (including phenoxy) is 1. The second-order valence-electron chi connectivity index (χ2n) is 3.45. The minimum absolute atomic E-state index is 0.286. The molecule has 0 aliphatic heterocycles. The molecule has 1 radical (unpaired) electrons. The highest BCUT2D eigenvalue weighted by Crippen LogP contribution is 2.08. The summed E-state index contributed by atoms with van der Waals surface area (Å²) in [5.74, 6) is -0.383. The van der Waals surface area contributed by atoms with Crippen molar-refractivity contribution in [3.05, 3.63) is 12.2 Å². The van der Waals surface area contributed by atoms with E-state index in [1.807, 2.05) is 13.8 Å². The van der Waals surface area contributed by atoms with Gasteiger partial charge in [-0.1, -0.05) is 20.4 Å². The predicted octanol–water partition coefficient (Wildman–Crippen LogP) is 1.98. The molecule has 0 spiro atoms. The maximum Gasteiger partial charge on any atom is 0.429 e. The van der Waals surface area contributed by atoms with E-state index in [4.69, 9.17) is 13.6 Å². The molecule has 5 heteroatoms. The summed E-state index contributed by atoms with van der Waals surface area (Å²) in [7, 11) is 0.0363. The van der Waals surface area contributed by atoms with Crippen molar-refractivity contribution < 1.29 is 18.4 Å². The molecule has 0 aliphatic carbocycles. The van der Waals surface area contributed by atoms with Crippen molar-refractivity contribution in [1.29, 1.82) is 0 Å². The van der Waals surface area contributed by atoms with Gasteiger partial charge in [-0.3, -0.25) is 0 Å². The molecule has 0 fully saturated rings. The van der Waals surface area contributed by atoms with Crippen LogP contribution in [0, 0.1) is 0 Å². The Morgan fingerprint density at radius 1 is 1.44 bits per heavy atom. The van der Waals surface area contributed by atoms with E-state index in [1.54, 1.807) is 14.0 Å². The summed E-state index contributed by atoms with van der Waals surface area (Å²) in [5.41, 5.74) is 0.108. The normalized spacial score (nSPS) is 12.6. The standard InChI is InChI=1S/C11H21O4Si/c1-6-8-14-16(13-5)10(7-2)15-11(12)9(3)4/h10H,3,6-8H2,1-2,4-5H3. The third kappa shape index (κ3) is 5.44. The molecule has 0 aromatic rings. The van der Waals surface area contributed by atoms with Gasteiger partial charge in [-0.15, -0.1) is 0 Å². The Bertz CT molecular complexity index is 230.